The summed E-state index contributed by atoms with van der Waals surface area (Å²) in [4.78, 5) is 23.7. The third kappa shape index (κ3) is 5.17. The number of nitrogens with one attached hydrogen (secondary N) is 2. The molecule has 2 N–H and O–H groups in total. The molecule has 0 atom stereocenters. The van der Waals surface area contributed by atoms with E-state index in [1.807, 2.05) is 43.3 Å². The van der Waals surface area contributed by atoms with Crippen LogP contribution in [0.5, 0.6) is 0 Å². The number of aromatic nitrogens is 2. The maximum atomic E-state index is 13.0. The summed E-state index contributed by atoms with van der Waals surface area (Å²) in [5.41, 5.74) is 3.23. The zero-order chi connectivity index (χ0) is 23.8. The third-order valence-electron chi connectivity index (χ3n) is 5.62. The standard InChI is InChI=1S/C23H27N5O3S2/c1-23(2,20-14-32-22(26-20)27-33(30,31)19-9-10-19)21(29)25-17-7-5-15(6-8-17)16-11-18(28(3)4)13-24-12-16/h5-8,11-14,19H,9-10H2,1-4H3,(H,25,29)(H,26,27). The molecule has 1 aliphatic carbocycles. The maximum absolute atomic E-state index is 13.0. The van der Waals surface area contributed by atoms with E-state index in [1.165, 1.54) is 11.3 Å². The van der Waals surface area contributed by atoms with Crippen LogP contribution in [0.1, 0.15) is 32.4 Å². The number of hydrogen-bond donors (Lipinski definition) is 2. The zero-order valence-corrected chi connectivity index (χ0v) is 20.6. The van der Waals surface area contributed by atoms with E-state index in [4.69, 9.17) is 0 Å². The van der Waals surface area contributed by atoms with Gasteiger partial charge in [0, 0.05) is 36.9 Å². The molecule has 0 aliphatic heterocycles. The number of nitrogens with zero attached hydrogens (tertiary/aromatic N) is 3. The van der Waals surface area contributed by atoms with Crippen molar-refractivity contribution in [2.75, 3.05) is 29.0 Å². The quantitative estimate of drug-likeness (QED) is 0.498. The second-order valence-corrected chi connectivity index (χ2v) is 11.7. The van der Waals surface area contributed by atoms with Crippen LogP contribution in [-0.4, -0.2) is 43.6 Å². The topological polar surface area (TPSA) is 104 Å². The summed E-state index contributed by atoms with van der Waals surface area (Å²) in [6, 6.07) is 9.63. The normalized spacial score (nSPS) is 14.1. The molecule has 174 valence electrons. The Morgan fingerprint density at radius 3 is 2.45 bits per heavy atom. The number of amides is 1. The van der Waals surface area contributed by atoms with Gasteiger partial charge in [0.1, 0.15) is 0 Å². The largest absolute Gasteiger partial charge is 0.376 e. The first kappa shape index (κ1) is 23.2. The van der Waals surface area contributed by atoms with Crippen LogP contribution < -0.4 is 14.9 Å². The summed E-state index contributed by atoms with van der Waals surface area (Å²) in [7, 11) is 0.548. The van der Waals surface area contributed by atoms with Crippen LogP contribution in [-0.2, 0) is 20.2 Å². The molecule has 0 spiro atoms. The Kier molecular flexibility index (Phi) is 6.15. The number of rotatable bonds is 8. The Hall–Kier alpha value is -2.98. The number of carbonyl (C=O) groups is 1. The van der Waals surface area contributed by atoms with Crippen LogP contribution in [0, 0.1) is 0 Å². The van der Waals surface area contributed by atoms with Gasteiger partial charge in [-0.3, -0.25) is 14.5 Å². The van der Waals surface area contributed by atoms with E-state index in [0.717, 1.165) is 16.8 Å². The highest BCUT2D eigenvalue weighted by Crippen LogP contribution is 2.33. The summed E-state index contributed by atoms with van der Waals surface area (Å²) in [5.74, 6) is -0.228. The fourth-order valence-electron chi connectivity index (χ4n) is 3.17. The van der Waals surface area contributed by atoms with E-state index in [9.17, 15) is 13.2 Å². The molecule has 1 aliphatic rings. The van der Waals surface area contributed by atoms with Crippen LogP contribution in [0.4, 0.5) is 16.5 Å². The molecule has 1 saturated carbocycles. The van der Waals surface area contributed by atoms with Crippen molar-refractivity contribution >= 4 is 43.8 Å². The van der Waals surface area contributed by atoms with E-state index >= 15 is 0 Å². The van der Waals surface area contributed by atoms with Gasteiger partial charge < -0.3 is 10.2 Å². The minimum Gasteiger partial charge on any atom is -0.376 e. The van der Waals surface area contributed by atoms with E-state index in [-0.39, 0.29) is 16.3 Å². The van der Waals surface area contributed by atoms with Gasteiger partial charge in [0.05, 0.1) is 28.2 Å². The van der Waals surface area contributed by atoms with Crippen molar-refractivity contribution in [2.45, 2.75) is 37.4 Å². The van der Waals surface area contributed by atoms with Crippen molar-refractivity contribution in [1.29, 1.82) is 0 Å². The lowest BCUT2D eigenvalue weighted by molar-refractivity contribution is -0.120. The Labute approximate surface area is 198 Å². The fraction of sp³-hybridized carbons (Fsp3) is 0.348. The molecule has 0 radical (unpaired) electrons. The number of hydrogen-bond acceptors (Lipinski definition) is 7. The van der Waals surface area contributed by atoms with Gasteiger partial charge in [-0.05, 0) is 50.5 Å². The molecule has 0 bridgehead atoms. The van der Waals surface area contributed by atoms with Crippen molar-refractivity contribution in [2.24, 2.45) is 0 Å². The molecular weight excluding hydrogens is 458 g/mol. The molecule has 4 rings (SSSR count). The highest BCUT2D eigenvalue weighted by molar-refractivity contribution is 7.93. The Morgan fingerprint density at radius 2 is 1.82 bits per heavy atom. The van der Waals surface area contributed by atoms with Crippen molar-refractivity contribution in [3.8, 4) is 11.1 Å². The highest BCUT2D eigenvalue weighted by atomic mass is 32.2. The first-order valence-electron chi connectivity index (χ1n) is 10.6. The molecule has 2 aromatic heterocycles. The van der Waals surface area contributed by atoms with Gasteiger partial charge in [-0.15, -0.1) is 11.3 Å². The Balaban J connectivity index is 1.44. The van der Waals surface area contributed by atoms with E-state index in [0.29, 0.717) is 24.2 Å². The fourth-order valence-corrected chi connectivity index (χ4v) is 5.65. The van der Waals surface area contributed by atoms with Crippen LogP contribution in [0.25, 0.3) is 11.1 Å². The summed E-state index contributed by atoms with van der Waals surface area (Å²) in [5, 5.41) is 4.62. The van der Waals surface area contributed by atoms with Gasteiger partial charge in [0.15, 0.2) is 5.13 Å². The van der Waals surface area contributed by atoms with Gasteiger partial charge in [0.25, 0.3) is 0 Å². The predicted octanol–water partition coefficient (Wildman–Crippen LogP) is 4.09. The third-order valence-corrected chi connectivity index (χ3v) is 8.34. The van der Waals surface area contributed by atoms with Crippen LogP contribution in [0.15, 0.2) is 48.1 Å². The molecule has 0 unspecified atom stereocenters. The molecule has 1 amide bonds. The second-order valence-electron chi connectivity index (χ2n) is 8.87. The molecule has 0 saturated heterocycles. The zero-order valence-electron chi connectivity index (χ0n) is 19.0. The molecule has 2 heterocycles. The number of benzene rings is 1. The number of pyridine rings is 1. The number of carbonyl (C=O) groups excluding carboxylic acids is 1. The van der Waals surface area contributed by atoms with Gasteiger partial charge in [-0.2, -0.15) is 0 Å². The first-order valence-corrected chi connectivity index (χ1v) is 13.0. The lowest BCUT2D eigenvalue weighted by Gasteiger charge is -2.21. The van der Waals surface area contributed by atoms with E-state index in [1.54, 1.807) is 31.6 Å². The van der Waals surface area contributed by atoms with Gasteiger partial charge in [-0.25, -0.2) is 13.4 Å². The SMILES string of the molecule is CN(C)c1cncc(-c2ccc(NC(=O)C(C)(C)c3csc(NS(=O)(=O)C4CC4)n3)cc2)c1. The smallest absolute Gasteiger partial charge is 0.237 e. The van der Waals surface area contributed by atoms with Crippen molar-refractivity contribution in [3.05, 3.63) is 53.8 Å². The van der Waals surface area contributed by atoms with Crippen molar-refractivity contribution in [1.82, 2.24) is 9.97 Å². The molecule has 1 aromatic carbocycles. The van der Waals surface area contributed by atoms with Gasteiger partial charge >= 0.3 is 0 Å². The minimum absolute atomic E-state index is 0.228. The predicted molar refractivity (Wildman–Crippen MR) is 133 cm³/mol. The Morgan fingerprint density at radius 1 is 1.12 bits per heavy atom. The lowest BCUT2D eigenvalue weighted by Crippen LogP contribution is -2.35. The summed E-state index contributed by atoms with van der Waals surface area (Å²) < 4.78 is 26.8. The van der Waals surface area contributed by atoms with E-state index in [2.05, 4.69) is 26.1 Å². The maximum Gasteiger partial charge on any atom is 0.237 e. The monoisotopic (exact) mass is 485 g/mol. The molecule has 10 heteroatoms. The first-order chi connectivity index (χ1) is 15.6. The average Bonchev–Trinajstić information content (AvgIpc) is 3.55. The van der Waals surface area contributed by atoms with Gasteiger partial charge in [-0.1, -0.05) is 12.1 Å². The minimum atomic E-state index is -3.39. The van der Waals surface area contributed by atoms with Gasteiger partial charge in [0.2, 0.25) is 15.9 Å². The van der Waals surface area contributed by atoms with Crippen molar-refractivity contribution in [3.63, 3.8) is 0 Å². The molecule has 33 heavy (non-hydrogen) atoms. The average molecular weight is 486 g/mol. The molecule has 3 aromatic rings. The molecule has 8 nitrogen and oxygen atoms in total. The number of thiazole rings is 1. The molecular formula is C23H27N5O3S2. The van der Waals surface area contributed by atoms with Crippen molar-refractivity contribution < 1.29 is 13.2 Å². The number of sulfonamides is 1. The summed E-state index contributed by atoms with van der Waals surface area (Å²) >= 11 is 1.18. The number of anilines is 3. The second kappa shape index (κ2) is 8.75. The van der Waals surface area contributed by atoms with Crippen LogP contribution >= 0.6 is 11.3 Å². The van der Waals surface area contributed by atoms with E-state index < -0.39 is 15.4 Å². The summed E-state index contributed by atoms with van der Waals surface area (Å²) in [6.45, 7) is 3.53. The molecule has 1 fully saturated rings. The van der Waals surface area contributed by atoms with Crippen LogP contribution in [0.3, 0.4) is 0 Å². The Bertz CT molecular complexity index is 1260. The van der Waals surface area contributed by atoms with Crippen LogP contribution in [0.2, 0.25) is 0 Å². The summed E-state index contributed by atoms with van der Waals surface area (Å²) in [6.07, 6.45) is 4.97. The lowest BCUT2D eigenvalue weighted by atomic mass is 9.89. The highest BCUT2D eigenvalue weighted by Gasteiger charge is 2.37.